The Morgan fingerprint density at radius 3 is 2.62 bits per heavy atom. The Morgan fingerprint density at radius 2 is 2.06 bits per heavy atom. The highest BCUT2D eigenvalue weighted by Gasteiger charge is 2.19. The summed E-state index contributed by atoms with van der Waals surface area (Å²) in [6.07, 6.45) is 1.70. The summed E-state index contributed by atoms with van der Waals surface area (Å²) in [4.78, 5) is 0. The van der Waals surface area contributed by atoms with E-state index in [1.165, 1.54) is 16.8 Å². The van der Waals surface area contributed by atoms with Gasteiger partial charge in [0.05, 0.1) is 11.4 Å². The molecule has 3 nitrogen and oxygen atoms in total. The third-order valence-electron chi connectivity index (χ3n) is 2.29. The van der Waals surface area contributed by atoms with Gasteiger partial charge in [-0.25, -0.2) is 9.07 Å². The number of nitrogens with zero attached hydrogens (tertiary/aromatic N) is 2. The standard InChI is InChI=1S/C12H13FN2O/c1-12(2,16)11-6-7-15(14-11)10-5-3-4-9(13)8-10/h3-8,16H,1-2H3. The van der Waals surface area contributed by atoms with Gasteiger partial charge in [0.25, 0.3) is 0 Å². The van der Waals surface area contributed by atoms with Gasteiger partial charge in [-0.05, 0) is 38.1 Å². The van der Waals surface area contributed by atoms with E-state index >= 15 is 0 Å². The molecule has 0 amide bonds. The van der Waals surface area contributed by atoms with E-state index in [0.29, 0.717) is 11.4 Å². The first-order valence-corrected chi connectivity index (χ1v) is 5.01. The largest absolute Gasteiger partial charge is 0.384 e. The zero-order chi connectivity index (χ0) is 11.8. The summed E-state index contributed by atoms with van der Waals surface area (Å²) >= 11 is 0. The van der Waals surface area contributed by atoms with Crippen molar-refractivity contribution in [3.8, 4) is 5.69 Å². The third-order valence-corrected chi connectivity index (χ3v) is 2.29. The minimum absolute atomic E-state index is 0.308. The van der Waals surface area contributed by atoms with Crippen LogP contribution in [0.5, 0.6) is 0 Å². The first-order valence-electron chi connectivity index (χ1n) is 5.01. The fourth-order valence-electron chi connectivity index (χ4n) is 1.41. The minimum atomic E-state index is -0.988. The van der Waals surface area contributed by atoms with E-state index in [-0.39, 0.29) is 5.82 Å². The number of aromatic nitrogens is 2. The summed E-state index contributed by atoms with van der Waals surface area (Å²) in [6.45, 7) is 3.32. The molecular formula is C12H13FN2O. The zero-order valence-electron chi connectivity index (χ0n) is 9.18. The maximum atomic E-state index is 13.0. The van der Waals surface area contributed by atoms with E-state index in [2.05, 4.69) is 5.10 Å². The predicted octanol–water partition coefficient (Wildman–Crippen LogP) is 2.24. The normalized spacial score (nSPS) is 11.8. The Hall–Kier alpha value is -1.68. The average molecular weight is 220 g/mol. The highest BCUT2D eigenvalue weighted by Crippen LogP contribution is 2.18. The van der Waals surface area contributed by atoms with E-state index in [0.717, 1.165) is 0 Å². The molecule has 1 aromatic heterocycles. The Labute approximate surface area is 93.2 Å². The quantitative estimate of drug-likeness (QED) is 0.842. The lowest BCUT2D eigenvalue weighted by molar-refractivity contribution is 0.0734. The Morgan fingerprint density at radius 1 is 1.31 bits per heavy atom. The van der Waals surface area contributed by atoms with Crippen molar-refractivity contribution in [3.05, 3.63) is 48.0 Å². The lowest BCUT2D eigenvalue weighted by Gasteiger charge is -2.13. The van der Waals surface area contributed by atoms with Crippen LogP contribution >= 0.6 is 0 Å². The van der Waals surface area contributed by atoms with Gasteiger partial charge in [0, 0.05) is 6.20 Å². The van der Waals surface area contributed by atoms with Crippen molar-refractivity contribution < 1.29 is 9.50 Å². The summed E-state index contributed by atoms with van der Waals surface area (Å²) < 4.78 is 14.5. The third kappa shape index (κ3) is 2.12. The lowest BCUT2D eigenvalue weighted by atomic mass is 10.1. The summed E-state index contributed by atoms with van der Waals surface area (Å²) in [5.41, 5.74) is 0.200. The zero-order valence-corrected chi connectivity index (χ0v) is 9.18. The van der Waals surface area contributed by atoms with E-state index in [1.807, 2.05) is 0 Å². The Kier molecular flexibility index (Phi) is 2.52. The first-order chi connectivity index (χ1) is 7.47. The maximum Gasteiger partial charge on any atom is 0.125 e. The molecule has 0 aliphatic heterocycles. The molecular weight excluding hydrogens is 207 g/mol. The molecule has 2 aromatic rings. The van der Waals surface area contributed by atoms with E-state index < -0.39 is 5.60 Å². The molecule has 0 saturated carbocycles. The number of aliphatic hydroxyl groups is 1. The molecule has 1 heterocycles. The summed E-state index contributed by atoms with van der Waals surface area (Å²) in [5.74, 6) is -0.308. The van der Waals surface area contributed by atoms with Crippen LogP contribution in [0.3, 0.4) is 0 Å². The summed E-state index contributed by atoms with van der Waals surface area (Å²) in [7, 11) is 0. The van der Waals surface area contributed by atoms with Gasteiger partial charge in [0.2, 0.25) is 0 Å². The van der Waals surface area contributed by atoms with Crippen molar-refractivity contribution >= 4 is 0 Å². The lowest BCUT2D eigenvalue weighted by Crippen LogP contribution is -2.16. The predicted molar refractivity (Wildman–Crippen MR) is 58.8 cm³/mol. The molecule has 84 valence electrons. The smallest absolute Gasteiger partial charge is 0.125 e. The van der Waals surface area contributed by atoms with Gasteiger partial charge in [-0.15, -0.1) is 0 Å². The Balaban J connectivity index is 2.39. The van der Waals surface area contributed by atoms with Crippen LogP contribution in [0.4, 0.5) is 4.39 Å². The molecule has 0 radical (unpaired) electrons. The van der Waals surface area contributed by atoms with Crippen LogP contribution in [0, 0.1) is 5.82 Å². The maximum absolute atomic E-state index is 13.0. The van der Waals surface area contributed by atoms with Crippen LogP contribution in [0.25, 0.3) is 5.69 Å². The molecule has 0 saturated heterocycles. The second-order valence-electron chi connectivity index (χ2n) is 4.18. The van der Waals surface area contributed by atoms with Crippen LogP contribution in [-0.2, 0) is 5.60 Å². The highest BCUT2D eigenvalue weighted by atomic mass is 19.1. The Bertz CT molecular complexity index is 500. The second-order valence-corrected chi connectivity index (χ2v) is 4.18. The van der Waals surface area contributed by atoms with Gasteiger partial charge < -0.3 is 5.11 Å². The van der Waals surface area contributed by atoms with Gasteiger partial charge in [-0.3, -0.25) is 0 Å². The number of rotatable bonds is 2. The van der Waals surface area contributed by atoms with Gasteiger partial charge in [0.1, 0.15) is 11.4 Å². The van der Waals surface area contributed by atoms with Crippen LogP contribution in [-0.4, -0.2) is 14.9 Å². The molecule has 1 aromatic carbocycles. The van der Waals surface area contributed by atoms with E-state index in [1.54, 1.807) is 38.2 Å². The molecule has 1 N–H and O–H groups in total. The number of hydrogen-bond acceptors (Lipinski definition) is 2. The molecule has 0 fully saturated rings. The van der Waals surface area contributed by atoms with Gasteiger partial charge in [-0.2, -0.15) is 5.10 Å². The van der Waals surface area contributed by atoms with Gasteiger partial charge in [0.15, 0.2) is 0 Å². The topological polar surface area (TPSA) is 38.0 Å². The number of benzene rings is 1. The van der Waals surface area contributed by atoms with Crippen molar-refractivity contribution in [2.24, 2.45) is 0 Å². The fraction of sp³-hybridized carbons (Fsp3) is 0.250. The van der Waals surface area contributed by atoms with E-state index in [9.17, 15) is 9.50 Å². The minimum Gasteiger partial charge on any atom is -0.384 e. The molecule has 0 aliphatic carbocycles. The fourth-order valence-corrected chi connectivity index (χ4v) is 1.41. The van der Waals surface area contributed by atoms with Crippen LogP contribution in [0.2, 0.25) is 0 Å². The summed E-state index contributed by atoms with van der Waals surface area (Å²) in [5, 5.41) is 13.9. The molecule has 0 atom stereocenters. The van der Waals surface area contributed by atoms with Crippen LogP contribution < -0.4 is 0 Å². The molecule has 0 unspecified atom stereocenters. The molecule has 0 bridgehead atoms. The van der Waals surface area contributed by atoms with Crippen molar-refractivity contribution in [2.45, 2.75) is 19.4 Å². The molecule has 16 heavy (non-hydrogen) atoms. The number of halogens is 1. The second kappa shape index (κ2) is 3.72. The molecule has 0 aliphatic rings. The van der Waals surface area contributed by atoms with Crippen molar-refractivity contribution in [1.82, 2.24) is 9.78 Å². The highest BCUT2D eigenvalue weighted by molar-refractivity contribution is 5.31. The van der Waals surface area contributed by atoms with Crippen molar-refractivity contribution in [1.29, 1.82) is 0 Å². The number of hydrogen-bond donors (Lipinski definition) is 1. The van der Waals surface area contributed by atoms with Crippen LogP contribution in [0.1, 0.15) is 19.5 Å². The molecule has 2 rings (SSSR count). The molecule has 4 heteroatoms. The molecule has 0 spiro atoms. The van der Waals surface area contributed by atoms with Crippen molar-refractivity contribution in [2.75, 3.05) is 0 Å². The van der Waals surface area contributed by atoms with E-state index in [4.69, 9.17) is 0 Å². The van der Waals surface area contributed by atoms with Gasteiger partial charge in [-0.1, -0.05) is 6.07 Å². The monoisotopic (exact) mass is 220 g/mol. The SMILES string of the molecule is CC(C)(O)c1ccn(-c2cccc(F)c2)n1. The van der Waals surface area contributed by atoms with Crippen molar-refractivity contribution in [3.63, 3.8) is 0 Å². The van der Waals surface area contributed by atoms with Gasteiger partial charge >= 0.3 is 0 Å². The summed E-state index contributed by atoms with van der Waals surface area (Å²) in [6, 6.07) is 7.86. The van der Waals surface area contributed by atoms with Crippen LogP contribution in [0.15, 0.2) is 36.5 Å². The average Bonchev–Trinajstić information content (AvgIpc) is 2.65. The first kappa shape index (κ1) is 10.8.